The minimum absolute atomic E-state index is 0.144. The highest BCUT2D eigenvalue weighted by molar-refractivity contribution is 6.27. The number of unbranched alkanes of at least 4 members (excludes halogenated alkanes) is 1. The number of aromatic nitrogens is 2. The van der Waals surface area contributed by atoms with Gasteiger partial charge in [-0.3, -0.25) is 14.2 Å². The number of nitrogens with zero attached hydrogens (tertiary/aromatic N) is 3. The van der Waals surface area contributed by atoms with Crippen LogP contribution in [0, 0.1) is 5.82 Å². The summed E-state index contributed by atoms with van der Waals surface area (Å²) in [5, 5.41) is 0.462. The second kappa shape index (κ2) is 9.85. The van der Waals surface area contributed by atoms with Gasteiger partial charge in [0, 0.05) is 6.54 Å². The molecular formula is C23H25ClFN3O2. The van der Waals surface area contributed by atoms with Crippen LogP contribution in [0.2, 0.25) is 0 Å². The van der Waals surface area contributed by atoms with Crippen LogP contribution in [0.3, 0.4) is 0 Å². The van der Waals surface area contributed by atoms with E-state index in [1.54, 1.807) is 35.2 Å². The fourth-order valence-electron chi connectivity index (χ4n) is 3.62. The fourth-order valence-corrected chi connectivity index (χ4v) is 3.77. The van der Waals surface area contributed by atoms with Gasteiger partial charge in [0.05, 0.1) is 22.6 Å². The Morgan fingerprint density at radius 1 is 1.17 bits per heavy atom. The molecule has 0 radical (unpaired) electrons. The summed E-state index contributed by atoms with van der Waals surface area (Å²) in [5.74, 6) is -0.294. The Morgan fingerprint density at radius 2 is 1.87 bits per heavy atom. The van der Waals surface area contributed by atoms with E-state index >= 15 is 0 Å². The maximum absolute atomic E-state index is 13.5. The number of alkyl halides is 1. The highest BCUT2D eigenvalue weighted by Crippen LogP contribution is 2.26. The van der Waals surface area contributed by atoms with Crippen molar-refractivity contribution in [3.8, 4) is 5.69 Å². The molecule has 0 aliphatic heterocycles. The summed E-state index contributed by atoms with van der Waals surface area (Å²) in [6.45, 7) is 4.52. The van der Waals surface area contributed by atoms with Gasteiger partial charge in [-0.2, -0.15) is 0 Å². The lowest BCUT2D eigenvalue weighted by Crippen LogP contribution is -2.39. The van der Waals surface area contributed by atoms with Crippen molar-refractivity contribution in [3.63, 3.8) is 0 Å². The maximum Gasteiger partial charge on any atom is 0.266 e. The SMILES string of the molecule is CCCCN(C(=O)CCl)C(CC)c1nc2ccccc2c(=O)n1-c1ccc(F)cc1. The molecule has 3 aromatic rings. The summed E-state index contributed by atoms with van der Waals surface area (Å²) < 4.78 is 15.0. The smallest absolute Gasteiger partial charge is 0.266 e. The van der Waals surface area contributed by atoms with Gasteiger partial charge in [0.2, 0.25) is 5.91 Å². The zero-order valence-electron chi connectivity index (χ0n) is 17.1. The third-order valence-corrected chi connectivity index (χ3v) is 5.36. The molecular weight excluding hydrogens is 405 g/mol. The molecule has 1 atom stereocenters. The van der Waals surface area contributed by atoms with Crippen molar-refractivity contribution in [3.05, 3.63) is 70.5 Å². The summed E-state index contributed by atoms with van der Waals surface area (Å²) in [4.78, 5) is 32.6. The lowest BCUT2D eigenvalue weighted by atomic mass is 10.1. The molecule has 0 bridgehead atoms. The van der Waals surface area contributed by atoms with E-state index in [4.69, 9.17) is 16.6 Å². The third kappa shape index (κ3) is 4.38. The summed E-state index contributed by atoms with van der Waals surface area (Å²) in [5.41, 5.74) is 0.805. The normalized spacial score (nSPS) is 12.1. The largest absolute Gasteiger partial charge is 0.331 e. The molecule has 1 unspecified atom stereocenters. The second-order valence-corrected chi connectivity index (χ2v) is 7.37. The van der Waals surface area contributed by atoms with Gasteiger partial charge in [0.1, 0.15) is 17.5 Å². The molecule has 3 rings (SSSR count). The highest BCUT2D eigenvalue weighted by Gasteiger charge is 2.28. The number of carbonyl (C=O) groups is 1. The zero-order chi connectivity index (χ0) is 21.7. The molecule has 0 aliphatic carbocycles. The molecule has 2 aromatic carbocycles. The number of carbonyl (C=O) groups excluding carboxylic acids is 1. The van der Waals surface area contributed by atoms with Gasteiger partial charge < -0.3 is 4.90 Å². The highest BCUT2D eigenvalue weighted by atomic mass is 35.5. The monoisotopic (exact) mass is 429 g/mol. The number of fused-ring (bicyclic) bond motifs is 1. The molecule has 7 heteroatoms. The van der Waals surface area contributed by atoms with Crippen molar-refractivity contribution >= 4 is 28.4 Å². The molecule has 0 saturated heterocycles. The van der Waals surface area contributed by atoms with Crippen LogP contribution >= 0.6 is 11.6 Å². The zero-order valence-corrected chi connectivity index (χ0v) is 17.9. The van der Waals surface area contributed by atoms with Crippen LogP contribution in [0.1, 0.15) is 45.0 Å². The van der Waals surface area contributed by atoms with Crippen molar-refractivity contribution in [2.24, 2.45) is 0 Å². The first-order valence-electron chi connectivity index (χ1n) is 10.1. The first kappa shape index (κ1) is 22.0. The summed E-state index contributed by atoms with van der Waals surface area (Å²) in [6.07, 6.45) is 2.28. The maximum atomic E-state index is 13.5. The van der Waals surface area contributed by atoms with Gasteiger partial charge in [-0.05, 0) is 49.2 Å². The van der Waals surface area contributed by atoms with E-state index in [0.29, 0.717) is 35.4 Å². The Morgan fingerprint density at radius 3 is 2.50 bits per heavy atom. The Kier molecular flexibility index (Phi) is 7.21. The van der Waals surface area contributed by atoms with Crippen LogP contribution in [-0.4, -0.2) is 32.8 Å². The van der Waals surface area contributed by atoms with Crippen LogP contribution in [0.15, 0.2) is 53.3 Å². The molecule has 0 aliphatic rings. The molecule has 0 spiro atoms. The van der Waals surface area contributed by atoms with Crippen molar-refractivity contribution in [1.29, 1.82) is 0 Å². The lowest BCUT2D eigenvalue weighted by molar-refractivity contribution is -0.131. The molecule has 0 N–H and O–H groups in total. The average molecular weight is 430 g/mol. The summed E-state index contributed by atoms with van der Waals surface area (Å²) in [6, 6.07) is 12.4. The number of halogens is 2. The van der Waals surface area contributed by atoms with Crippen LogP contribution in [0.25, 0.3) is 16.6 Å². The van der Waals surface area contributed by atoms with Crippen LogP contribution in [-0.2, 0) is 4.79 Å². The van der Waals surface area contributed by atoms with E-state index in [1.165, 1.54) is 16.7 Å². The fraction of sp³-hybridized carbons (Fsp3) is 0.348. The molecule has 1 heterocycles. The predicted octanol–water partition coefficient (Wildman–Crippen LogP) is 4.84. The Bertz CT molecular complexity index is 1080. The summed E-state index contributed by atoms with van der Waals surface area (Å²) in [7, 11) is 0. The van der Waals surface area contributed by atoms with Gasteiger partial charge in [0.15, 0.2) is 0 Å². The van der Waals surface area contributed by atoms with Crippen LogP contribution in [0.5, 0.6) is 0 Å². The molecule has 0 saturated carbocycles. The number of para-hydroxylation sites is 1. The number of amides is 1. The lowest BCUT2D eigenvalue weighted by Gasteiger charge is -2.32. The van der Waals surface area contributed by atoms with Gasteiger partial charge in [-0.25, -0.2) is 9.37 Å². The second-order valence-electron chi connectivity index (χ2n) is 7.10. The van der Waals surface area contributed by atoms with E-state index in [0.717, 1.165) is 12.8 Å². The quantitative estimate of drug-likeness (QED) is 0.481. The van der Waals surface area contributed by atoms with E-state index in [-0.39, 0.29) is 17.3 Å². The van der Waals surface area contributed by atoms with E-state index in [1.807, 2.05) is 19.9 Å². The molecule has 1 aromatic heterocycles. The number of hydrogen-bond acceptors (Lipinski definition) is 3. The first-order chi connectivity index (χ1) is 14.5. The van der Waals surface area contributed by atoms with Crippen LogP contribution in [0.4, 0.5) is 4.39 Å². The average Bonchev–Trinajstić information content (AvgIpc) is 2.77. The molecule has 1 amide bonds. The Balaban J connectivity index is 2.28. The Labute approximate surface area is 180 Å². The number of hydrogen-bond donors (Lipinski definition) is 0. The minimum Gasteiger partial charge on any atom is -0.331 e. The topological polar surface area (TPSA) is 55.2 Å². The molecule has 158 valence electrons. The minimum atomic E-state index is -0.440. The van der Waals surface area contributed by atoms with Crippen molar-refractivity contribution < 1.29 is 9.18 Å². The van der Waals surface area contributed by atoms with Gasteiger partial charge in [-0.15, -0.1) is 11.6 Å². The third-order valence-electron chi connectivity index (χ3n) is 5.13. The summed E-state index contributed by atoms with van der Waals surface area (Å²) >= 11 is 5.89. The first-order valence-corrected chi connectivity index (χ1v) is 10.7. The van der Waals surface area contributed by atoms with Gasteiger partial charge in [0.25, 0.3) is 5.56 Å². The predicted molar refractivity (Wildman–Crippen MR) is 118 cm³/mol. The number of rotatable bonds is 8. The number of benzene rings is 2. The van der Waals surface area contributed by atoms with E-state index in [2.05, 4.69) is 0 Å². The van der Waals surface area contributed by atoms with Crippen molar-refractivity contribution in [2.75, 3.05) is 12.4 Å². The standard InChI is InChI=1S/C23H25ClFN3O2/c1-3-5-14-27(21(29)15-24)20(4-2)22-26-19-9-7-6-8-18(19)23(30)28(22)17-12-10-16(25)11-13-17/h6-13,20H,3-5,14-15H2,1-2H3. The Hall–Kier alpha value is -2.73. The van der Waals surface area contributed by atoms with Crippen molar-refractivity contribution in [2.45, 2.75) is 39.2 Å². The van der Waals surface area contributed by atoms with Gasteiger partial charge >= 0.3 is 0 Å². The van der Waals surface area contributed by atoms with Gasteiger partial charge in [-0.1, -0.05) is 32.4 Å². The molecule has 5 nitrogen and oxygen atoms in total. The van der Waals surface area contributed by atoms with Crippen molar-refractivity contribution in [1.82, 2.24) is 14.5 Å². The molecule has 0 fully saturated rings. The van der Waals surface area contributed by atoms with E-state index < -0.39 is 11.9 Å². The van der Waals surface area contributed by atoms with Crippen LogP contribution < -0.4 is 5.56 Å². The molecule has 30 heavy (non-hydrogen) atoms. The van der Waals surface area contributed by atoms with E-state index in [9.17, 15) is 14.0 Å².